The zero-order chi connectivity index (χ0) is 23.1. The number of nitro groups is 1. The number of esters is 1. The van der Waals surface area contributed by atoms with Gasteiger partial charge in [-0.1, -0.05) is 17.7 Å². The van der Waals surface area contributed by atoms with Gasteiger partial charge in [0, 0.05) is 23.3 Å². The van der Waals surface area contributed by atoms with Gasteiger partial charge in [-0.3, -0.25) is 14.9 Å². The van der Waals surface area contributed by atoms with Gasteiger partial charge in [-0.05, 0) is 49.4 Å². The summed E-state index contributed by atoms with van der Waals surface area (Å²) in [5, 5.41) is 15.0. The number of aryl methyl sites for hydroxylation is 1. The zero-order valence-corrected chi connectivity index (χ0v) is 17.3. The lowest BCUT2D eigenvalue weighted by molar-refractivity contribution is -0.384. The number of carbonyl (C=O) groups is 2. The summed E-state index contributed by atoms with van der Waals surface area (Å²) in [6.07, 6.45) is 1.17. The fourth-order valence-corrected chi connectivity index (χ4v) is 2.74. The van der Waals surface area contributed by atoms with E-state index in [0.717, 1.165) is 5.56 Å². The number of ether oxygens (including phenoxy) is 2. The maximum Gasteiger partial charge on any atom is 0.343 e. The first kappa shape index (κ1) is 22.2. The molecule has 3 aromatic carbocycles. The van der Waals surface area contributed by atoms with Crippen molar-refractivity contribution in [3.05, 3.63) is 99.1 Å². The minimum absolute atomic E-state index is 0.0598. The van der Waals surface area contributed by atoms with Gasteiger partial charge in [0.05, 0.1) is 23.8 Å². The summed E-state index contributed by atoms with van der Waals surface area (Å²) in [4.78, 5) is 35.3. The van der Waals surface area contributed by atoms with E-state index >= 15 is 0 Å². The molecule has 0 fully saturated rings. The number of nitrogens with zero attached hydrogens (tertiary/aromatic N) is 2. The molecule has 0 aliphatic rings. The predicted molar refractivity (Wildman–Crippen MR) is 117 cm³/mol. The standard InChI is InChI=1S/C23H19N3O6/c1-15-4-3-5-17(12-15)23(28)32-21-11-8-19(26(29)30)13-18(21)14-24-25-22(27)16-6-9-20(31-2)10-7-16/h3-14H,1-2H3,(H,25,27)/b24-14+. The Kier molecular flexibility index (Phi) is 6.92. The number of hydrogen-bond acceptors (Lipinski definition) is 7. The van der Waals surface area contributed by atoms with Crippen molar-refractivity contribution in [2.24, 2.45) is 5.10 Å². The number of carbonyl (C=O) groups excluding carboxylic acids is 2. The van der Waals surface area contributed by atoms with Crippen molar-refractivity contribution in [1.82, 2.24) is 5.43 Å². The van der Waals surface area contributed by atoms with Crippen molar-refractivity contribution in [2.45, 2.75) is 6.92 Å². The van der Waals surface area contributed by atoms with Crippen LogP contribution in [0.4, 0.5) is 5.69 Å². The molecule has 0 aromatic heterocycles. The van der Waals surface area contributed by atoms with Crippen molar-refractivity contribution in [3.8, 4) is 11.5 Å². The molecule has 0 bridgehead atoms. The number of amides is 1. The second kappa shape index (κ2) is 9.98. The number of benzene rings is 3. The Hall–Kier alpha value is -4.53. The lowest BCUT2D eigenvalue weighted by Crippen LogP contribution is -2.17. The topological polar surface area (TPSA) is 120 Å². The number of non-ortho nitro benzene ring substituents is 1. The molecule has 9 heteroatoms. The molecule has 0 radical (unpaired) electrons. The molecule has 0 aliphatic carbocycles. The van der Waals surface area contributed by atoms with E-state index < -0.39 is 16.8 Å². The first-order valence-corrected chi connectivity index (χ1v) is 9.42. The Labute approximate surface area is 183 Å². The summed E-state index contributed by atoms with van der Waals surface area (Å²) in [5.74, 6) is -0.460. The Morgan fingerprint density at radius 2 is 1.78 bits per heavy atom. The van der Waals surface area contributed by atoms with Crippen molar-refractivity contribution in [1.29, 1.82) is 0 Å². The largest absolute Gasteiger partial charge is 0.497 e. The highest BCUT2D eigenvalue weighted by Crippen LogP contribution is 2.24. The summed E-state index contributed by atoms with van der Waals surface area (Å²) in [7, 11) is 1.52. The Balaban J connectivity index is 1.80. The van der Waals surface area contributed by atoms with E-state index in [0.29, 0.717) is 16.9 Å². The molecule has 3 aromatic rings. The van der Waals surface area contributed by atoms with Gasteiger partial charge in [-0.25, -0.2) is 10.2 Å². The predicted octanol–water partition coefficient (Wildman–Crippen LogP) is 3.89. The molecule has 0 saturated carbocycles. The highest BCUT2D eigenvalue weighted by atomic mass is 16.6. The van der Waals surface area contributed by atoms with Crippen LogP contribution in [0.25, 0.3) is 0 Å². The normalized spacial score (nSPS) is 10.6. The van der Waals surface area contributed by atoms with Gasteiger partial charge in [0.15, 0.2) is 0 Å². The van der Waals surface area contributed by atoms with Crippen LogP contribution in [-0.2, 0) is 0 Å². The molecule has 0 heterocycles. The molecular weight excluding hydrogens is 414 g/mol. The molecule has 0 spiro atoms. The molecule has 3 rings (SSSR count). The van der Waals surface area contributed by atoms with Crippen LogP contribution in [0.1, 0.15) is 31.8 Å². The second-order valence-electron chi connectivity index (χ2n) is 6.67. The first-order chi connectivity index (χ1) is 15.4. The molecule has 1 N–H and O–H groups in total. The fraction of sp³-hybridized carbons (Fsp3) is 0.0870. The molecule has 1 amide bonds. The van der Waals surface area contributed by atoms with Crippen molar-refractivity contribution >= 4 is 23.8 Å². The fourth-order valence-electron chi connectivity index (χ4n) is 2.74. The maximum absolute atomic E-state index is 12.5. The molecule has 9 nitrogen and oxygen atoms in total. The summed E-state index contributed by atoms with van der Waals surface area (Å²) in [5.41, 5.74) is 3.82. The average Bonchev–Trinajstić information content (AvgIpc) is 2.79. The minimum Gasteiger partial charge on any atom is -0.497 e. The summed E-state index contributed by atoms with van der Waals surface area (Å²) in [6.45, 7) is 1.84. The summed E-state index contributed by atoms with van der Waals surface area (Å²) >= 11 is 0. The van der Waals surface area contributed by atoms with E-state index in [2.05, 4.69) is 10.5 Å². The highest BCUT2D eigenvalue weighted by Gasteiger charge is 2.15. The van der Waals surface area contributed by atoms with Crippen LogP contribution in [0.2, 0.25) is 0 Å². The quantitative estimate of drug-likeness (QED) is 0.198. The molecule has 0 atom stereocenters. The van der Waals surface area contributed by atoms with Gasteiger partial charge < -0.3 is 9.47 Å². The minimum atomic E-state index is -0.625. The third-order valence-corrected chi connectivity index (χ3v) is 4.38. The third kappa shape index (κ3) is 5.54. The number of nitrogens with one attached hydrogen (secondary N) is 1. The van der Waals surface area contributed by atoms with Crippen molar-refractivity contribution < 1.29 is 24.0 Å². The Morgan fingerprint density at radius 1 is 1.03 bits per heavy atom. The number of methoxy groups -OCH3 is 1. The lowest BCUT2D eigenvalue weighted by atomic mass is 10.1. The van der Waals surface area contributed by atoms with E-state index in [1.54, 1.807) is 42.5 Å². The second-order valence-corrected chi connectivity index (χ2v) is 6.67. The van der Waals surface area contributed by atoms with Gasteiger partial charge in [-0.15, -0.1) is 0 Å². The van der Waals surface area contributed by atoms with Gasteiger partial charge in [0.1, 0.15) is 11.5 Å². The third-order valence-electron chi connectivity index (χ3n) is 4.38. The number of nitro benzene ring substituents is 1. The molecular formula is C23H19N3O6. The first-order valence-electron chi connectivity index (χ1n) is 9.42. The van der Waals surface area contributed by atoms with Crippen LogP contribution in [-0.4, -0.2) is 30.1 Å². The molecule has 0 saturated heterocycles. The van der Waals surface area contributed by atoms with Gasteiger partial charge in [0.25, 0.3) is 11.6 Å². The molecule has 0 aliphatic heterocycles. The van der Waals surface area contributed by atoms with Crippen LogP contribution in [0.15, 0.2) is 71.8 Å². The van der Waals surface area contributed by atoms with E-state index in [9.17, 15) is 19.7 Å². The van der Waals surface area contributed by atoms with Crippen LogP contribution in [0.3, 0.4) is 0 Å². The summed E-state index contributed by atoms with van der Waals surface area (Å²) in [6, 6.07) is 16.9. The average molecular weight is 433 g/mol. The van der Waals surface area contributed by atoms with Gasteiger partial charge in [-0.2, -0.15) is 5.10 Å². The number of rotatable bonds is 7. The highest BCUT2D eigenvalue weighted by molar-refractivity contribution is 5.96. The number of hydrazone groups is 1. The molecule has 162 valence electrons. The van der Waals surface area contributed by atoms with E-state index in [4.69, 9.17) is 9.47 Å². The Morgan fingerprint density at radius 3 is 2.44 bits per heavy atom. The van der Waals surface area contributed by atoms with E-state index in [-0.39, 0.29) is 17.0 Å². The summed E-state index contributed by atoms with van der Waals surface area (Å²) < 4.78 is 10.5. The lowest BCUT2D eigenvalue weighted by Gasteiger charge is -2.08. The van der Waals surface area contributed by atoms with E-state index in [1.807, 2.05) is 13.0 Å². The van der Waals surface area contributed by atoms with Crippen LogP contribution in [0, 0.1) is 17.0 Å². The van der Waals surface area contributed by atoms with Crippen LogP contribution < -0.4 is 14.9 Å². The van der Waals surface area contributed by atoms with Gasteiger partial charge in [0.2, 0.25) is 0 Å². The zero-order valence-electron chi connectivity index (χ0n) is 17.3. The van der Waals surface area contributed by atoms with Gasteiger partial charge >= 0.3 is 5.97 Å². The van der Waals surface area contributed by atoms with Crippen molar-refractivity contribution in [3.63, 3.8) is 0 Å². The Bertz CT molecular complexity index is 1190. The SMILES string of the molecule is COc1ccc(C(=O)N/N=C/c2cc([N+](=O)[O-])ccc2OC(=O)c2cccc(C)c2)cc1. The molecule has 32 heavy (non-hydrogen) atoms. The van der Waals surface area contributed by atoms with Crippen LogP contribution >= 0.6 is 0 Å². The maximum atomic E-state index is 12.5. The monoisotopic (exact) mass is 433 g/mol. The van der Waals surface area contributed by atoms with Crippen molar-refractivity contribution in [2.75, 3.05) is 7.11 Å². The molecule has 0 unspecified atom stereocenters. The number of hydrogen-bond donors (Lipinski definition) is 1. The van der Waals surface area contributed by atoms with Crippen LogP contribution in [0.5, 0.6) is 11.5 Å². The van der Waals surface area contributed by atoms with E-state index in [1.165, 1.54) is 31.5 Å². The smallest absolute Gasteiger partial charge is 0.343 e.